The van der Waals surface area contributed by atoms with Crippen LogP contribution in [0.2, 0.25) is 0 Å². The number of amides is 1. The Morgan fingerprint density at radius 3 is 2.58 bits per heavy atom. The fourth-order valence-electron chi connectivity index (χ4n) is 2.22. The second-order valence-electron chi connectivity index (χ2n) is 4.79. The smallest absolute Gasteiger partial charge is 0.236 e. The maximum atomic E-state index is 13.0. The van der Waals surface area contributed by atoms with Gasteiger partial charge in [-0.3, -0.25) is 4.79 Å². The van der Waals surface area contributed by atoms with E-state index in [4.69, 9.17) is 0 Å². The van der Waals surface area contributed by atoms with Crippen molar-refractivity contribution in [2.75, 3.05) is 19.6 Å². The average Bonchev–Trinajstić information content (AvgIpc) is 2.43. The Kier molecular flexibility index (Phi) is 4.85. The van der Waals surface area contributed by atoms with Gasteiger partial charge in [-0.1, -0.05) is 6.07 Å². The predicted molar refractivity (Wildman–Crippen MR) is 68.5 cm³/mol. The van der Waals surface area contributed by atoms with E-state index in [0.29, 0.717) is 12.1 Å². The molecule has 0 radical (unpaired) electrons. The lowest BCUT2D eigenvalue weighted by atomic mass is 10.1. The SMILES string of the molecule is O=C(CNCc1ccc(F)c(F)c1)N1CCCCC1. The number of hydrogen-bond acceptors (Lipinski definition) is 2. The van der Waals surface area contributed by atoms with E-state index in [1.807, 2.05) is 4.90 Å². The zero-order valence-corrected chi connectivity index (χ0v) is 10.8. The number of hydrogen-bond donors (Lipinski definition) is 1. The highest BCUT2D eigenvalue weighted by molar-refractivity contribution is 5.78. The molecule has 1 heterocycles. The Bertz CT molecular complexity index is 445. The summed E-state index contributed by atoms with van der Waals surface area (Å²) in [6.45, 7) is 2.24. The van der Waals surface area contributed by atoms with Gasteiger partial charge in [-0.2, -0.15) is 0 Å². The number of carbonyl (C=O) groups excluding carboxylic acids is 1. The molecule has 0 unspecified atom stereocenters. The van der Waals surface area contributed by atoms with Crippen LogP contribution in [-0.2, 0) is 11.3 Å². The normalized spacial score (nSPS) is 15.6. The van der Waals surface area contributed by atoms with Crippen LogP contribution >= 0.6 is 0 Å². The van der Waals surface area contributed by atoms with Crippen molar-refractivity contribution >= 4 is 5.91 Å². The number of carbonyl (C=O) groups is 1. The van der Waals surface area contributed by atoms with Gasteiger partial charge in [-0.05, 0) is 37.0 Å². The van der Waals surface area contributed by atoms with Gasteiger partial charge in [0.1, 0.15) is 0 Å². The summed E-state index contributed by atoms with van der Waals surface area (Å²) in [5.41, 5.74) is 0.630. The molecule has 0 spiro atoms. The molecule has 1 aliphatic rings. The Balaban J connectivity index is 1.76. The van der Waals surface area contributed by atoms with Crippen molar-refractivity contribution in [3.05, 3.63) is 35.4 Å². The summed E-state index contributed by atoms with van der Waals surface area (Å²) in [4.78, 5) is 13.7. The number of likely N-dealkylation sites (tertiary alicyclic amines) is 1. The van der Waals surface area contributed by atoms with Gasteiger partial charge >= 0.3 is 0 Å². The van der Waals surface area contributed by atoms with E-state index >= 15 is 0 Å². The van der Waals surface area contributed by atoms with Gasteiger partial charge in [0, 0.05) is 19.6 Å². The van der Waals surface area contributed by atoms with Crippen molar-refractivity contribution in [1.29, 1.82) is 0 Å². The molecule has 1 fully saturated rings. The minimum absolute atomic E-state index is 0.0716. The highest BCUT2D eigenvalue weighted by atomic mass is 19.2. The molecule has 1 N–H and O–H groups in total. The van der Waals surface area contributed by atoms with Crippen molar-refractivity contribution in [3.8, 4) is 0 Å². The molecule has 1 aromatic carbocycles. The second kappa shape index (κ2) is 6.61. The van der Waals surface area contributed by atoms with E-state index in [-0.39, 0.29) is 12.5 Å². The predicted octanol–water partition coefficient (Wildman–Crippen LogP) is 2.07. The number of benzene rings is 1. The Hall–Kier alpha value is -1.49. The quantitative estimate of drug-likeness (QED) is 0.906. The standard InChI is InChI=1S/C14H18F2N2O/c15-12-5-4-11(8-13(12)16)9-17-10-14(19)18-6-2-1-3-7-18/h4-5,8,17H,1-3,6-7,9-10H2. The number of nitrogens with zero attached hydrogens (tertiary/aromatic N) is 1. The van der Waals surface area contributed by atoms with Gasteiger partial charge in [0.15, 0.2) is 11.6 Å². The molecule has 5 heteroatoms. The van der Waals surface area contributed by atoms with E-state index in [9.17, 15) is 13.6 Å². The first-order valence-corrected chi connectivity index (χ1v) is 6.59. The van der Waals surface area contributed by atoms with Gasteiger partial charge in [-0.15, -0.1) is 0 Å². The summed E-state index contributed by atoms with van der Waals surface area (Å²) < 4.78 is 25.7. The first-order chi connectivity index (χ1) is 9.16. The van der Waals surface area contributed by atoms with Crippen LogP contribution in [0.1, 0.15) is 24.8 Å². The molecule has 1 amide bonds. The third kappa shape index (κ3) is 3.99. The van der Waals surface area contributed by atoms with E-state index in [1.54, 1.807) is 0 Å². The zero-order valence-electron chi connectivity index (χ0n) is 10.8. The fourth-order valence-corrected chi connectivity index (χ4v) is 2.22. The van der Waals surface area contributed by atoms with Crippen LogP contribution in [-0.4, -0.2) is 30.4 Å². The molecule has 0 saturated carbocycles. The molecular formula is C14H18F2N2O. The third-order valence-electron chi connectivity index (χ3n) is 3.30. The first-order valence-electron chi connectivity index (χ1n) is 6.59. The van der Waals surface area contributed by atoms with Crippen LogP contribution in [0.15, 0.2) is 18.2 Å². The molecule has 0 atom stereocenters. The van der Waals surface area contributed by atoms with Gasteiger partial charge in [0.05, 0.1) is 6.54 Å². The molecule has 2 rings (SSSR count). The van der Waals surface area contributed by atoms with Crippen LogP contribution in [0.3, 0.4) is 0 Å². The highest BCUT2D eigenvalue weighted by Gasteiger charge is 2.15. The number of nitrogens with one attached hydrogen (secondary N) is 1. The van der Waals surface area contributed by atoms with Crippen molar-refractivity contribution in [3.63, 3.8) is 0 Å². The van der Waals surface area contributed by atoms with E-state index in [0.717, 1.165) is 38.1 Å². The van der Waals surface area contributed by atoms with Crippen LogP contribution in [0.25, 0.3) is 0 Å². The van der Waals surface area contributed by atoms with Crippen molar-refractivity contribution in [1.82, 2.24) is 10.2 Å². The lowest BCUT2D eigenvalue weighted by Crippen LogP contribution is -2.40. The van der Waals surface area contributed by atoms with Crippen LogP contribution in [0.4, 0.5) is 8.78 Å². The molecule has 1 saturated heterocycles. The molecular weight excluding hydrogens is 250 g/mol. The Morgan fingerprint density at radius 2 is 1.89 bits per heavy atom. The topological polar surface area (TPSA) is 32.3 Å². The lowest BCUT2D eigenvalue weighted by Gasteiger charge is -2.26. The monoisotopic (exact) mass is 268 g/mol. The summed E-state index contributed by atoms with van der Waals surface area (Å²) in [5, 5.41) is 2.97. The summed E-state index contributed by atoms with van der Waals surface area (Å²) in [6.07, 6.45) is 3.32. The minimum atomic E-state index is -0.860. The molecule has 0 aliphatic carbocycles. The zero-order chi connectivity index (χ0) is 13.7. The van der Waals surface area contributed by atoms with Gasteiger partial charge in [-0.25, -0.2) is 8.78 Å². The van der Waals surface area contributed by atoms with Crippen molar-refractivity contribution in [2.45, 2.75) is 25.8 Å². The number of halogens is 2. The average molecular weight is 268 g/mol. The molecule has 104 valence electrons. The maximum absolute atomic E-state index is 13.0. The molecule has 0 aromatic heterocycles. The van der Waals surface area contributed by atoms with Crippen LogP contribution in [0.5, 0.6) is 0 Å². The van der Waals surface area contributed by atoms with Crippen LogP contribution < -0.4 is 5.32 Å². The molecule has 0 bridgehead atoms. The summed E-state index contributed by atoms with van der Waals surface area (Å²) >= 11 is 0. The van der Waals surface area contributed by atoms with Gasteiger partial charge in [0.2, 0.25) is 5.91 Å². The van der Waals surface area contributed by atoms with Gasteiger partial charge in [0.25, 0.3) is 0 Å². The minimum Gasteiger partial charge on any atom is -0.342 e. The summed E-state index contributed by atoms with van der Waals surface area (Å²) in [7, 11) is 0. The maximum Gasteiger partial charge on any atom is 0.236 e. The second-order valence-corrected chi connectivity index (χ2v) is 4.79. The Morgan fingerprint density at radius 1 is 1.16 bits per heavy atom. The van der Waals surface area contributed by atoms with Crippen molar-refractivity contribution in [2.24, 2.45) is 0 Å². The van der Waals surface area contributed by atoms with E-state index in [2.05, 4.69) is 5.32 Å². The molecule has 1 aromatic rings. The van der Waals surface area contributed by atoms with E-state index < -0.39 is 11.6 Å². The first kappa shape index (κ1) is 13.9. The lowest BCUT2D eigenvalue weighted by molar-refractivity contribution is -0.131. The Labute approximate surface area is 111 Å². The molecule has 19 heavy (non-hydrogen) atoms. The fraction of sp³-hybridized carbons (Fsp3) is 0.500. The largest absolute Gasteiger partial charge is 0.342 e. The van der Waals surface area contributed by atoms with Crippen LogP contribution in [0, 0.1) is 11.6 Å². The molecule has 1 aliphatic heterocycles. The van der Waals surface area contributed by atoms with Gasteiger partial charge < -0.3 is 10.2 Å². The third-order valence-corrected chi connectivity index (χ3v) is 3.30. The van der Waals surface area contributed by atoms with E-state index in [1.165, 1.54) is 12.5 Å². The summed E-state index contributed by atoms with van der Waals surface area (Å²) in [6, 6.07) is 3.75. The number of piperidine rings is 1. The number of rotatable bonds is 4. The molecule has 3 nitrogen and oxygen atoms in total. The highest BCUT2D eigenvalue weighted by Crippen LogP contribution is 2.09. The van der Waals surface area contributed by atoms with Crippen molar-refractivity contribution < 1.29 is 13.6 Å². The summed E-state index contributed by atoms with van der Waals surface area (Å²) in [5.74, 6) is -1.64.